The van der Waals surface area contributed by atoms with E-state index in [-0.39, 0.29) is 28.5 Å². The number of benzene rings is 1. The average molecular weight is 375 g/mol. The van der Waals surface area contributed by atoms with Crippen molar-refractivity contribution in [2.75, 3.05) is 25.1 Å². The summed E-state index contributed by atoms with van der Waals surface area (Å²) in [5, 5.41) is 7.75. The van der Waals surface area contributed by atoms with Gasteiger partial charge in [0.15, 0.2) is 9.84 Å². The van der Waals surface area contributed by atoms with E-state index in [2.05, 4.69) is 5.32 Å². The number of urea groups is 1. The molecule has 0 aromatic heterocycles. The van der Waals surface area contributed by atoms with Gasteiger partial charge in [0.25, 0.3) is 0 Å². The number of hydrogen-bond donors (Lipinski definition) is 2. The van der Waals surface area contributed by atoms with Gasteiger partial charge < -0.3 is 10.2 Å². The van der Waals surface area contributed by atoms with Crippen LogP contribution in [-0.4, -0.2) is 58.9 Å². The Bertz CT molecular complexity index is 803. The number of amides is 2. The highest BCUT2D eigenvalue weighted by Gasteiger charge is 2.32. The molecule has 0 radical (unpaired) electrons. The fraction of sp³-hybridized carbons (Fsp3) is 0.500. The van der Waals surface area contributed by atoms with Gasteiger partial charge in [0, 0.05) is 19.6 Å². The molecule has 1 aromatic carbocycles. The zero-order valence-electron chi connectivity index (χ0n) is 13.3. The van der Waals surface area contributed by atoms with E-state index in [1.165, 1.54) is 17.0 Å². The van der Waals surface area contributed by atoms with Gasteiger partial charge in [-0.3, -0.25) is 0 Å². The molecule has 2 rings (SSSR count). The summed E-state index contributed by atoms with van der Waals surface area (Å²) in [5.74, 6) is 0.123. The molecule has 1 aliphatic heterocycles. The average Bonchev–Trinajstić information content (AvgIpc) is 2.86. The lowest BCUT2D eigenvalue weighted by Crippen LogP contribution is -2.44. The molecule has 0 aliphatic carbocycles. The van der Waals surface area contributed by atoms with Crippen molar-refractivity contribution in [1.29, 1.82) is 0 Å². The third kappa shape index (κ3) is 4.92. The molecule has 1 atom stereocenters. The molecule has 0 bridgehead atoms. The number of sulfonamides is 1. The van der Waals surface area contributed by atoms with Crippen LogP contribution in [0.2, 0.25) is 0 Å². The number of nitrogens with one attached hydrogen (secondary N) is 1. The van der Waals surface area contributed by atoms with Crippen molar-refractivity contribution in [3.63, 3.8) is 0 Å². The Kier molecular flexibility index (Phi) is 5.51. The number of rotatable bonds is 5. The molecular weight excluding hydrogens is 354 g/mol. The molecule has 1 fully saturated rings. The molecular formula is C14H21N3O5S2. The fourth-order valence-corrected chi connectivity index (χ4v) is 4.82. The number of carbonyl (C=O) groups is 1. The molecule has 134 valence electrons. The first kappa shape index (κ1) is 18.7. The Morgan fingerprint density at radius 1 is 1.33 bits per heavy atom. The number of sulfone groups is 1. The minimum Gasteiger partial charge on any atom is -0.338 e. The minimum absolute atomic E-state index is 0.00590. The van der Waals surface area contributed by atoms with E-state index in [9.17, 15) is 21.6 Å². The van der Waals surface area contributed by atoms with Gasteiger partial charge in [-0.1, -0.05) is 12.1 Å². The molecule has 1 aliphatic rings. The zero-order valence-corrected chi connectivity index (χ0v) is 14.9. The maximum Gasteiger partial charge on any atom is 0.317 e. The quantitative estimate of drug-likeness (QED) is 0.731. The predicted molar refractivity (Wildman–Crippen MR) is 89.7 cm³/mol. The number of hydrogen-bond acceptors (Lipinski definition) is 5. The Hall–Kier alpha value is -1.65. The third-order valence-electron chi connectivity index (χ3n) is 4.02. The number of nitrogens with two attached hydrogens (primary N) is 1. The first-order valence-corrected chi connectivity index (χ1v) is 10.8. The van der Waals surface area contributed by atoms with Crippen molar-refractivity contribution in [2.24, 2.45) is 5.14 Å². The Labute approximate surface area is 142 Å². The lowest BCUT2D eigenvalue weighted by molar-refractivity contribution is 0.195. The second-order valence-electron chi connectivity index (χ2n) is 5.84. The van der Waals surface area contributed by atoms with Crippen LogP contribution in [0.15, 0.2) is 29.2 Å². The molecule has 3 N–H and O–H groups in total. The Morgan fingerprint density at radius 3 is 2.46 bits per heavy atom. The van der Waals surface area contributed by atoms with Crippen LogP contribution in [0.5, 0.6) is 0 Å². The molecule has 2 amide bonds. The predicted octanol–water partition coefficient (Wildman–Crippen LogP) is -0.295. The van der Waals surface area contributed by atoms with Crippen LogP contribution in [-0.2, 0) is 26.3 Å². The van der Waals surface area contributed by atoms with Gasteiger partial charge >= 0.3 is 6.03 Å². The van der Waals surface area contributed by atoms with Crippen LogP contribution in [0.25, 0.3) is 0 Å². The maximum absolute atomic E-state index is 12.0. The second kappa shape index (κ2) is 7.08. The normalized spacial score (nSPS) is 19.8. The summed E-state index contributed by atoms with van der Waals surface area (Å²) in [6.45, 7) is 0.358. The number of nitrogens with zero attached hydrogens (tertiary/aromatic N) is 1. The smallest absolute Gasteiger partial charge is 0.317 e. The summed E-state index contributed by atoms with van der Waals surface area (Å²) >= 11 is 0. The maximum atomic E-state index is 12.0. The van der Waals surface area contributed by atoms with Gasteiger partial charge in [-0.25, -0.2) is 26.8 Å². The minimum atomic E-state index is -3.71. The van der Waals surface area contributed by atoms with Crippen molar-refractivity contribution < 1.29 is 21.6 Å². The van der Waals surface area contributed by atoms with Gasteiger partial charge in [0.05, 0.1) is 16.4 Å². The lowest BCUT2D eigenvalue weighted by atomic mass is 10.1. The lowest BCUT2D eigenvalue weighted by Gasteiger charge is -2.23. The van der Waals surface area contributed by atoms with Gasteiger partial charge in [-0.15, -0.1) is 0 Å². The number of primary sulfonamides is 1. The third-order valence-corrected chi connectivity index (χ3v) is 6.70. The largest absolute Gasteiger partial charge is 0.338 e. The first-order chi connectivity index (χ1) is 11.1. The van der Waals surface area contributed by atoms with E-state index in [0.717, 1.165) is 5.56 Å². The summed E-state index contributed by atoms with van der Waals surface area (Å²) < 4.78 is 45.2. The summed E-state index contributed by atoms with van der Waals surface area (Å²) in [6.07, 6.45) is 0.981. The highest BCUT2D eigenvalue weighted by Crippen LogP contribution is 2.16. The van der Waals surface area contributed by atoms with Crippen LogP contribution in [0.3, 0.4) is 0 Å². The Balaban J connectivity index is 1.82. The first-order valence-electron chi connectivity index (χ1n) is 7.41. The van der Waals surface area contributed by atoms with E-state index in [1.807, 2.05) is 0 Å². The molecule has 1 heterocycles. The van der Waals surface area contributed by atoms with Crippen molar-refractivity contribution in [2.45, 2.75) is 23.8 Å². The van der Waals surface area contributed by atoms with Gasteiger partial charge in [0.1, 0.15) is 0 Å². The molecule has 24 heavy (non-hydrogen) atoms. The Morgan fingerprint density at radius 2 is 1.96 bits per heavy atom. The van der Waals surface area contributed by atoms with Crippen molar-refractivity contribution in [3.05, 3.63) is 29.8 Å². The highest BCUT2D eigenvalue weighted by atomic mass is 32.2. The second-order valence-corrected chi connectivity index (χ2v) is 9.63. The number of carbonyl (C=O) groups excluding carboxylic acids is 1. The van der Waals surface area contributed by atoms with Crippen LogP contribution in [0.1, 0.15) is 12.0 Å². The van der Waals surface area contributed by atoms with Crippen molar-refractivity contribution in [3.8, 4) is 0 Å². The van der Waals surface area contributed by atoms with E-state index in [0.29, 0.717) is 19.4 Å². The van der Waals surface area contributed by atoms with Crippen molar-refractivity contribution >= 4 is 25.9 Å². The molecule has 8 nitrogen and oxygen atoms in total. The van der Waals surface area contributed by atoms with E-state index in [1.54, 1.807) is 19.2 Å². The van der Waals surface area contributed by atoms with Gasteiger partial charge in [-0.2, -0.15) is 0 Å². The molecule has 10 heteroatoms. The summed E-state index contributed by atoms with van der Waals surface area (Å²) in [7, 11) is -5.16. The standard InChI is InChI=1S/C14H21N3O5S2/c1-17(12-7-9-23(19,20)10-12)14(18)16-8-6-11-2-4-13(5-3-11)24(15,21)22/h2-5,12H,6-10H2,1H3,(H,16,18)(H2,15,21,22). The van der Waals surface area contributed by atoms with Crippen molar-refractivity contribution in [1.82, 2.24) is 10.2 Å². The summed E-state index contributed by atoms with van der Waals surface area (Å²) in [6, 6.07) is 5.50. The fourth-order valence-electron chi connectivity index (χ4n) is 2.53. The molecule has 0 spiro atoms. The summed E-state index contributed by atoms with van der Waals surface area (Å²) in [5.41, 5.74) is 0.855. The van der Waals surface area contributed by atoms with E-state index < -0.39 is 19.9 Å². The summed E-state index contributed by atoms with van der Waals surface area (Å²) in [4.78, 5) is 13.5. The highest BCUT2D eigenvalue weighted by molar-refractivity contribution is 7.91. The SMILES string of the molecule is CN(C(=O)NCCc1ccc(S(N)(=O)=O)cc1)C1CCS(=O)(=O)C1. The van der Waals surface area contributed by atoms with Crippen LogP contribution < -0.4 is 10.5 Å². The van der Waals surface area contributed by atoms with E-state index in [4.69, 9.17) is 5.14 Å². The monoisotopic (exact) mass is 375 g/mol. The van der Waals surface area contributed by atoms with Crippen LogP contribution >= 0.6 is 0 Å². The molecule has 1 unspecified atom stereocenters. The van der Waals surface area contributed by atoms with E-state index >= 15 is 0 Å². The molecule has 1 aromatic rings. The van der Waals surface area contributed by atoms with Gasteiger partial charge in [0.2, 0.25) is 10.0 Å². The zero-order chi connectivity index (χ0) is 18.0. The van der Waals surface area contributed by atoms with Crippen LogP contribution in [0.4, 0.5) is 4.79 Å². The molecule has 1 saturated heterocycles. The topological polar surface area (TPSA) is 127 Å². The van der Waals surface area contributed by atoms with Crippen LogP contribution in [0, 0.1) is 0 Å². The van der Waals surface area contributed by atoms with Gasteiger partial charge in [-0.05, 0) is 30.5 Å². The molecule has 0 saturated carbocycles.